The molecule has 4 heteroatoms. The van der Waals surface area contributed by atoms with E-state index in [1.165, 1.54) is 12.1 Å². The van der Waals surface area contributed by atoms with Crippen molar-refractivity contribution >= 4 is 11.6 Å². The fourth-order valence-electron chi connectivity index (χ4n) is 1.28. The number of hydrogen-bond donors (Lipinski definition) is 2. The van der Waals surface area contributed by atoms with Gasteiger partial charge in [0.1, 0.15) is 0 Å². The molecule has 0 saturated heterocycles. The van der Waals surface area contributed by atoms with Gasteiger partial charge >= 0.3 is 0 Å². The Morgan fingerprint density at radius 3 is 2.54 bits per heavy atom. The van der Waals surface area contributed by atoms with E-state index in [1.54, 1.807) is 0 Å². The minimum absolute atomic E-state index is 0.0201. The van der Waals surface area contributed by atoms with Crippen molar-refractivity contribution in [2.75, 3.05) is 0 Å². The number of halogens is 2. The van der Waals surface area contributed by atoms with Gasteiger partial charge in [-0.25, -0.2) is 4.39 Å². The lowest BCUT2D eigenvalue weighted by Crippen LogP contribution is -2.18. The standard InChI is InChI=1S/C9H9ClFNO/c10-6-3-5(9(12)1-2-9)4-7(11)8(6)13/h3-4,13H,1-2,12H2. The highest BCUT2D eigenvalue weighted by atomic mass is 35.5. The smallest absolute Gasteiger partial charge is 0.170 e. The summed E-state index contributed by atoms with van der Waals surface area (Å²) in [5.74, 6) is -1.21. The molecule has 1 aliphatic rings. The summed E-state index contributed by atoms with van der Waals surface area (Å²) >= 11 is 5.61. The lowest BCUT2D eigenvalue weighted by atomic mass is 10.1. The van der Waals surface area contributed by atoms with Crippen molar-refractivity contribution in [1.29, 1.82) is 0 Å². The molecule has 0 amide bonds. The van der Waals surface area contributed by atoms with Crippen LogP contribution >= 0.6 is 11.6 Å². The Balaban J connectivity index is 2.50. The molecule has 1 aromatic carbocycles. The third-order valence-corrected chi connectivity index (χ3v) is 2.67. The summed E-state index contributed by atoms with van der Waals surface area (Å²) in [6.07, 6.45) is 1.68. The summed E-state index contributed by atoms with van der Waals surface area (Å²) in [4.78, 5) is 0. The first kappa shape index (κ1) is 8.78. The van der Waals surface area contributed by atoms with Gasteiger partial charge in [-0.1, -0.05) is 11.6 Å². The lowest BCUT2D eigenvalue weighted by Gasteiger charge is -2.10. The highest BCUT2D eigenvalue weighted by Crippen LogP contribution is 2.44. The monoisotopic (exact) mass is 201 g/mol. The molecule has 0 heterocycles. The van der Waals surface area contributed by atoms with Gasteiger partial charge in [0.15, 0.2) is 11.6 Å². The molecular formula is C9H9ClFNO. The molecule has 0 radical (unpaired) electrons. The molecule has 3 N–H and O–H groups in total. The van der Waals surface area contributed by atoms with Gasteiger partial charge in [0.25, 0.3) is 0 Å². The number of benzene rings is 1. The molecule has 1 fully saturated rings. The van der Waals surface area contributed by atoms with E-state index >= 15 is 0 Å². The first-order valence-corrected chi connectivity index (χ1v) is 4.38. The summed E-state index contributed by atoms with van der Waals surface area (Å²) in [5.41, 5.74) is 6.09. The SMILES string of the molecule is NC1(c2cc(F)c(O)c(Cl)c2)CC1. The van der Waals surface area contributed by atoms with Crippen LogP contribution in [0.25, 0.3) is 0 Å². The van der Waals surface area contributed by atoms with E-state index in [0.29, 0.717) is 5.56 Å². The van der Waals surface area contributed by atoms with Crippen molar-refractivity contribution in [3.63, 3.8) is 0 Å². The zero-order valence-electron chi connectivity index (χ0n) is 6.85. The predicted octanol–water partition coefficient (Wildman–Crippen LogP) is 2.13. The fraction of sp³-hybridized carbons (Fsp3) is 0.333. The maximum atomic E-state index is 13.0. The summed E-state index contributed by atoms with van der Waals surface area (Å²) in [7, 11) is 0. The molecule has 0 aromatic heterocycles. The van der Waals surface area contributed by atoms with Crippen molar-refractivity contribution < 1.29 is 9.50 Å². The van der Waals surface area contributed by atoms with E-state index in [4.69, 9.17) is 22.4 Å². The first-order valence-electron chi connectivity index (χ1n) is 4.00. The largest absolute Gasteiger partial charge is 0.504 e. The van der Waals surface area contributed by atoms with Gasteiger partial charge in [-0.05, 0) is 30.5 Å². The number of rotatable bonds is 1. The predicted molar refractivity (Wildman–Crippen MR) is 48.2 cm³/mol. The van der Waals surface area contributed by atoms with Crippen LogP contribution in [0.5, 0.6) is 5.75 Å². The molecule has 13 heavy (non-hydrogen) atoms. The van der Waals surface area contributed by atoms with Crippen LogP contribution in [0.1, 0.15) is 18.4 Å². The number of aromatic hydroxyl groups is 1. The van der Waals surface area contributed by atoms with Crippen molar-refractivity contribution in [2.45, 2.75) is 18.4 Å². The summed E-state index contributed by atoms with van der Waals surface area (Å²) in [6, 6.07) is 2.77. The van der Waals surface area contributed by atoms with Crippen LogP contribution in [0.4, 0.5) is 4.39 Å². The Morgan fingerprint density at radius 1 is 1.46 bits per heavy atom. The van der Waals surface area contributed by atoms with E-state index in [0.717, 1.165) is 12.8 Å². The Hall–Kier alpha value is -0.800. The Morgan fingerprint density at radius 2 is 2.08 bits per heavy atom. The maximum absolute atomic E-state index is 13.0. The van der Waals surface area contributed by atoms with E-state index in [9.17, 15) is 4.39 Å². The maximum Gasteiger partial charge on any atom is 0.170 e. The van der Waals surface area contributed by atoms with Gasteiger partial charge in [0, 0.05) is 5.54 Å². The van der Waals surface area contributed by atoms with Gasteiger partial charge in [-0.3, -0.25) is 0 Å². The van der Waals surface area contributed by atoms with Gasteiger partial charge in [-0.15, -0.1) is 0 Å². The van der Waals surface area contributed by atoms with Crippen LogP contribution in [0.3, 0.4) is 0 Å². The van der Waals surface area contributed by atoms with Crippen LogP contribution < -0.4 is 5.73 Å². The van der Waals surface area contributed by atoms with Crippen LogP contribution in [0, 0.1) is 5.82 Å². The highest BCUT2D eigenvalue weighted by molar-refractivity contribution is 6.32. The molecule has 0 bridgehead atoms. The topological polar surface area (TPSA) is 46.2 Å². The average Bonchev–Trinajstić information content (AvgIpc) is 2.80. The van der Waals surface area contributed by atoms with Crippen LogP contribution in [0.2, 0.25) is 5.02 Å². The second kappa shape index (κ2) is 2.59. The normalized spacial score (nSPS) is 18.7. The van der Waals surface area contributed by atoms with E-state index in [1.807, 2.05) is 0 Å². The van der Waals surface area contributed by atoms with E-state index in [-0.39, 0.29) is 5.02 Å². The first-order chi connectivity index (χ1) is 6.03. The van der Waals surface area contributed by atoms with Gasteiger partial charge in [0.2, 0.25) is 0 Å². The van der Waals surface area contributed by atoms with Crippen LogP contribution in [-0.2, 0) is 5.54 Å². The Labute approximate surface area is 80.1 Å². The van der Waals surface area contributed by atoms with Crippen molar-refractivity contribution in [3.05, 3.63) is 28.5 Å². The third kappa shape index (κ3) is 1.38. The van der Waals surface area contributed by atoms with Crippen LogP contribution in [0.15, 0.2) is 12.1 Å². The van der Waals surface area contributed by atoms with Gasteiger partial charge in [-0.2, -0.15) is 0 Å². The minimum Gasteiger partial charge on any atom is -0.504 e. The molecule has 2 rings (SSSR count). The second-order valence-electron chi connectivity index (χ2n) is 3.44. The minimum atomic E-state index is -0.709. The quantitative estimate of drug-likeness (QED) is 0.731. The van der Waals surface area contributed by atoms with Crippen LogP contribution in [-0.4, -0.2) is 5.11 Å². The van der Waals surface area contributed by atoms with Crippen molar-refractivity contribution in [1.82, 2.24) is 0 Å². The summed E-state index contributed by atoms with van der Waals surface area (Å²) in [6.45, 7) is 0. The zero-order valence-corrected chi connectivity index (χ0v) is 7.61. The molecule has 0 unspecified atom stereocenters. The second-order valence-corrected chi connectivity index (χ2v) is 3.85. The fourth-order valence-corrected chi connectivity index (χ4v) is 1.48. The van der Waals surface area contributed by atoms with Crippen molar-refractivity contribution in [3.8, 4) is 5.75 Å². The summed E-state index contributed by atoms with van der Waals surface area (Å²) in [5, 5.41) is 9.09. The Kier molecular flexibility index (Phi) is 1.75. The molecule has 2 nitrogen and oxygen atoms in total. The molecule has 1 aliphatic carbocycles. The molecular weight excluding hydrogens is 193 g/mol. The molecule has 70 valence electrons. The van der Waals surface area contributed by atoms with Crippen molar-refractivity contribution in [2.24, 2.45) is 5.73 Å². The molecule has 0 spiro atoms. The molecule has 1 saturated carbocycles. The molecule has 0 aliphatic heterocycles. The number of phenols is 1. The summed E-state index contributed by atoms with van der Waals surface area (Å²) < 4.78 is 13.0. The number of nitrogens with two attached hydrogens (primary N) is 1. The number of hydrogen-bond acceptors (Lipinski definition) is 2. The third-order valence-electron chi connectivity index (χ3n) is 2.38. The van der Waals surface area contributed by atoms with Gasteiger partial charge in [0.05, 0.1) is 5.02 Å². The molecule has 1 aromatic rings. The average molecular weight is 202 g/mol. The highest BCUT2D eigenvalue weighted by Gasteiger charge is 2.40. The lowest BCUT2D eigenvalue weighted by molar-refractivity contribution is 0.431. The Bertz CT molecular complexity index is 340. The van der Waals surface area contributed by atoms with Gasteiger partial charge < -0.3 is 10.8 Å². The zero-order chi connectivity index (χ0) is 9.64. The molecule has 0 atom stereocenters. The number of phenolic OH excluding ortho intramolecular Hbond substituents is 1. The van der Waals surface area contributed by atoms with E-state index in [2.05, 4.69) is 0 Å². The van der Waals surface area contributed by atoms with E-state index < -0.39 is 17.1 Å².